The fourth-order valence-corrected chi connectivity index (χ4v) is 2.57. The zero-order chi connectivity index (χ0) is 17.9. The lowest BCUT2D eigenvalue weighted by Gasteiger charge is -2.08. The Labute approximate surface area is 139 Å². The van der Waals surface area contributed by atoms with E-state index >= 15 is 0 Å². The molecular formula is C17H20N4O3. The molecular weight excluding hydrogens is 308 g/mol. The van der Waals surface area contributed by atoms with Crippen molar-refractivity contribution in [2.75, 3.05) is 17.7 Å². The summed E-state index contributed by atoms with van der Waals surface area (Å²) in [5.74, 6) is -0.433. The number of Topliss-reactive ketones (excluding diaryl/α,β-unsaturated/α-hetero) is 1. The number of ketones is 1. The van der Waals surface area contributed by atoms with E-state index < -0.39 is 0 Å². The fourth-order valence-electron chi connectivity index (χ4n) is 2.57. The van der Waals surface area contributed by atoms with E-state index in [1.165, 1.54) is 14.0 Å². The second kappa shape index (κ2) is 6.99. The van der Waals surface area contributed by atoms with Crippen LogP contribution in [-0.2, 0) is 0 Å². The van der Waals surface area contributed by atoms with Crippen molar-refractivity contribution in [2.45, 2.75) is 20.8 Å². The Hall–Kier alpha value is -3.09. The predicted octanol–water partition coefficient (Wildman–Crippen LogP) is 2.84. The van der Waals surface area contributed by atoms with Gasteiger partial charge in [0, 0.05) is 29.7 Å². The van der Waals surface area contributed by atoms with E-state index in [0.29, 0.717) is 33.9 Å². The van der Waals surface area contributed by atoms with Crippen molar-refractivity contribution in [1.29, 1.82) is 0 Å². The van der Waals surface area contributed by atoms with Gasteiger partial charge in [-0.05, 0) is 44.5 Å². The smallest absolute Gasteiger partial charge is 0.318 e. The molecule has 0 aliphatic rings. The number of aromatic nitrogens is 1. The highest BCUT2D eigenvalue weighted by Gasteiger charge is 2.19. The quantitative estimate of drug-likeness (QED) is 0.649. The Bertz CT molecular complexity index is 808. The largest absolute Gasteiger partial charge is 0.354 e. The number of carbonyl (C=O) groups is 3. The van der Waals surface area contributed by atoms with Crippen LogP contribution < -0.4 is 16.0 Å². The van der Waals surface area contributed by atoms with Gasteiger partial charge in [0.05, 0.1) is 0 Å². The van der Waals surface area contributed by atoms with Crippen LogP contribution in [0.4, 0.5) is 16.2 Å². The second-order valence-electron chi connectivity index (χ2n) is 5.42. The van der Waals surface area contributed by atoms with E-state index in [9.17, 15) is 14.4 Å². The van der Waals surface area contributed by atoms with Crippen LogP contribution in [0, 0.1) is 13.8 Å². The van der Waals surface area contributed by atoms with Crippen molar-refractivity contribution in [1.82, 2.24) is 10.3 Å². The number of urea groups is 1. The number of rotatable bonds is 4. The van der Waals surface area contributed by atoms with Gasteiger partial charge in [0.25, 0.3) is 5.91 Å². The number of carbonyl (C=O) groups excluding carboxylic acids is 3. The Balaban J connectivity index is 2.21. The highest BCUT2D eigenvalue weighted by molar-refractivity contribution is 6.07. The number of aryl methyl sites for hydroxylation is 1. The first kappa shape index (κ1) is 17.3. The first-order chi connectivity index (χ1) is 11.3. The lowest BCUT2D eigenvalue weighted by Crippen LogP contribution is -2.24. The third-order valence-corrected chi connectivity index (χ3v) is 3.62. The first-order valence-electron chi connectivity index (χ1n) is 7.43. The van der Waals surface area contributed by atoms with E-state index in [2.05, 4.69) is 20.9 Å². The van der Waals surface area contributed by atoms with Crippen LogP contribution in [0.3, 0.4) is 0 Å². The summed E-state index contributed by atoms with van der Waals surface area (Å²) >= 11 is 0. The van der Waals surface area contributed by atoms with Crippen LogP contribution in [-0.4, -0.2) is 29.8 Å². The third-order valence-electron chi connectivity index (χ3n) is 3.62. The summed E-state index contributed by atoms with van der Waals surface area (Å²) < 4.78 is 0. The molecule has 0 aliphatic heterocycles. The summed E-state index contributed by atoms with van der Waals surface area (Å²) in [5.41, 5.74) is 3.26. The number of H-pyrrole nitrogens is 1. The van der Waals surface area contributed by atoms with Crippen LogP contribution in [0.2, 0.25) is 0 Å². The molecule has 2 aromatic rings. The van der Waals surface area contributed by atoms with Crippen molar-refractivity contribution in [3.05, 3.63) is 46.8 Å². The molecule has 0 unspecified atom stereocenters. The number of nitrogens with one attached hydrogen (secondary N) is 4. The topological polar surface area (TPSA) is 103 Å². The predicted molar refractivity (Wildman–Crippen MR) is 92.7 cm³/mol. The molecule has 1 aromatic carbocycles. The monoisotopic (exact) mass is 328 g/mol. The molecule has 0 saturated carbocycles. The van der Waals surface area contributed by atoms with Gasteiger partial charge in [0.1, 0.15) is 5.69 Å². The van der Waals surface area contributed by atoms with Gasteiger partial charge in [-0.25, -0.2) is 4.79 Å². The van der Waals surface area contributed by atoms with Crippen LogP contribution in [0.15, 0.2) is 24.3 Å². The average Bonchev–Trinajstić information content (AvgIpc) is 2.82. The number of amides is 3. The number of hydrogen-bond acceptors (Lipinski definition) is 3. The lowest BCUT2D eigenvalue weighted by molar-refractivity contribution is 0.101. The minimum absolute atomic E-state index is 0.0860. The van der Waals surface area contributed by atoms with Gasteiger partial charge in [0.15, 0.2) is 5.78 Å². The van der Waals surface area contributed by atoms with Crippen molar-refractivity contribution >= 4 is 29.1 Å². The van der Waals surface area contributed by atoms with Gasteiger partial charge in [-0.1, -0.05) is 6.07 Å². The van der Waals surface area contributed by atoms with E-state index in [1.54, 1.807) is 38.1 Å². The molecule has 0 saturated heterocycles. The SMILES string of the molecule is CNC(=O)Nc1cccc(NC(=O)c2[nH]c(C)c(C(C)=O)c2C)c1. The van der Waals surface area contributed by atoms with Crippen LogP contribution >= 0.6 is 0 Å². The Morgan fingerprint density at radius 1 is 1.04 bits per heavy atom. The van der Waals surface area contributed by atoms with Crippen LogP contribution in [0.5, 0.6) is 0 Å². The summed E-state index contributed by atoms with van der Waals surface area (Å²) in [6.07, 6.45) is 0. The van der Waals surface area contributed by atoms with Gasteiger partial charge in [-0.2, -0.15) is 0 Å². The van der Waals surface area contributed by atoms with Crippen molar-refractivity contribution in [2.24, 2.45) is 0 Å². The fraction of sp³-hybridized carbons (Fsp3) is 0.235. The molecule has 0 radical (unpaired) electrons. The summed E-state index contributed by atoms with van der Waals surface area (Å²) in [5, 5.41) is 7.84. The molecule has 0 atom stereocenters. The van der Waals surface area contributed by atoms with Crippen LogP contribution in [0.25, 0.3) is 0 Å². The maximum atomic E-state index is 12.5. The zero-order valence-corrected chi connectivity index (χ0v) is 14.0. The first-order valence-corrected chi connectivity index (χ1v) is 7.43. The lowest BCUT2D eigenvalue weighted by atomic mass is 10.1. The molecule has 7 heteroatoms. The standard InChI is InChI=1S/C17H20N4O3/c1-9-14(11(3)22)10(2)19-15(9)16(23)20-12-6-5-7-13(8-12)21-17(24)18-4/h5-8,19H,1-4H3,(H,20,23)(H2,18,21,24). The average molecular weight is 328 g/mol. The summed E-state index contributed by atoms with van der Waals surface area (Å²) in [6.45, 7) is 4.96. The molecule has 24 heavy (non-hydrogen) atoms. The molecule has 1 heterocycles. The minimum Gasteiger partial charge on any atom is -0.354 e. The van der Waals surface area contributed by atoms with Crippen molar-refractivity contribution in [3.8, 4) is 0 Å². The third kappa shape index (κ3) is 3.62. The van der Waals surface area contributed by atoms with Crippen molar-refractivity contribution in [3.63, 3.8) is 0 Å². The number of anilines is 2. The molecule has 7 nitrogen and oxygen atoms in total. The zero-order valence-electron chi connectivity index (χ0n) is 14.0. The molecule has 0 spiro atoms. The minimum atomic E-state index is -0.347. The number of aromatic amines is 1. The van der Waals surface area contributed by atoms with Gasteiger partial charge in [0.2, 0.25) is 0 Å². The van der Waals surface area contributed by atoms with Crippen LogP contribution in [0.1, 0.15) is 39.0 Å². The van der Waals surface area contributed by atoms with E-state index in [0.717, 1.165) is 0 Å². The maximum absolute atomic E-state index is 12.5. The number of benzene rings is 1. The molecule has 1 aromatic heterocycles. The Morgan fingerprint density at radius 2 is 1.67 bits per heavy atom. The molecule has 126 valence electrons. The van der Waals surface area contributed by atoms with Crippen molar-refractivity contribution < 1.29 is 14.4 Å². The van der Waals surface area contributed by atoms with Gasteiger partial charge >= 0.3 is 6.03 Å². The normalized spacial score (nSPS) is 10.2. The summed E-state index contributed by atoms with van der Waals surface area (Å²) in [4.78, 5) is 38.4. The van der Waals surface area contributed by atoms with Gasteiger partial charge < -0.3 is 20.9 Å². The summed E-state index contributed by atoms with van der Waals surface area (Å²) in [7, 11) is 1.52. The molecule has 2 rings (SSSR count). The molecule has 0 bridgehead atoms. The maximum Gasteiger partial charge on any atom is 0.318 e. The Kier molecular flexibility index (Phi) is 5.03. The van der Waals surface area contributed by atoms with Gasteiger partial charge in [-0.15, -0.1) is 0 Å². The number of hydrogen-bond donors (Lipinski definition) is 4. The molecule has 0 aliphatic carbocycles. The summed E-state index contributed by atoms with van der Waals surface area (Å²) in [6, 6.07) is 6.44. The molecule has 0 fully saturated rings. The second-order valence-corrected chi connectivity index (χ2v) is 5.42. The van der Waals surface area contributed by atoms with Gasteiger partial charge in [-0.3, -0.25) is 9.59 Å². The molecule has 3 amide bonds. The highest BCUT2D eigenvalue weighted by Crippen LogP contribution is 2.21. The highest BCUT2D eigenvalue weighted by atomic mass is 16.2. The van der Waals surface area contributed by atoms with E-state index in [4.69, 9.17) is 0 Å². The molecule has 4 N–H and O–H groups in total. The van der Waals surface area contributed by atoms with E-state index in [1.807, 2.05) is 0 Å². The van der Waals surface area contributed by atoms with E-state index in [-0.39, 0.29) is 17.7 Å². The Morgan fingerprint density at radius 3 is 2.21 bits per heavy atom.